The smallest absolute Gasteiger partial charge is 0.242 e. The second-order valence-electron chi connectivity index (χ2n) is 5.62. The van der Waals surface area contributed by atoms with Crippen molar-refractivity contribution in [3.05, 3.63) is 29.8 Å². The minimum atomic E-state index is -3.57. The fourth-order valence-corrected chi connectivity index (χ4v) is 3.61. The van der Waals surface area contributed by atoms with E-state index in [1.165, 1.54) is 35.5 Å². The van der Waals surface area contributed by atoms with Crippen molar-refractivity contribution in [2.45, 2.75) is 17.9 Å². The van der Waals surface area contributed by atoms with Gasteiger partial charge < -0.3 is 9.64 Å². The molecule has 122 valence electrons. The van der Waals surface area contributed by atoms with Crippen molar-refractivity contribution in [2.75, 3.05) is 40.3 Å². The number of carbonyl (C=O) groups is 1. The number of benzene rings is 1. The summed E-state index contributed by atoms with van der Waals surface area (Å²) in [7, 11) is -0.0364. The lowest BCUT2D eigenvalue weighted by molar-refractivity contribution is -0.0247. The van der Waals surface area contributed by atoms with Crippen LogP contribution in [0.3, 0.4) is 0 Å². The maximum atomic E-state index is 12.5. The first kappa shape index (κ1) is 17.1. The second-order valence-corrected chi connectivity index (χ2v) is 7.67. The van der Waals surface area contributed by atoms with Crippen LogP contribution in [0.1, 0.15) is 17.3 Å². The van der Waals surface area contributed by atoms with Crippen molar-refractivity contribution < 1.29 is 17.9 Å². The van der Waals surface area contributed by atoms with Gasteiger partial charge in [0.1, 0.15) is 0 Å². The van der Waals surface area contributed by atoms with E-state index in [9.17, 15) is 13.2 Å². The highest BCUT2D eigenvalue weighted by Crippen LogP contribution is 2.17. The Morgan fingerprint density at radius 2 is 2.00 bits per heavy atom. The molecule has 1 fully saturated rings. The van der Waals surface area contributed by atoms with Gasteiger partial charge in [0.2, 0.25) is 10.0 Å². The monoisotopic (exact) mass is 326 g/mol. The normalized spacial score (nSPS) is 20.3. The van der Waals surface area contributed by atoms with Gasteiger partial charge in [-0.05, 0) is 26.1 Å². The molecule has 0 bridgehead atoms. The summed E-state index contributed by atoms with van der Waals surface area (Å²) >= 11 is 0. The molecule has 0 amide bonds. The van der Waals surface area contributed by atoms with Crippen LogP contribution >= 0.6 is 0 Å². The Balaban J connectivity index is 2.09. The molecule has 1 unspecified atom stereocenters. The van der Waals surface area contributed by atoms with E-state index in [1.54, 1.807) is 7.05 Å². The zero-order valence-corrected chi connectivity index (χ0v) is 14.0. The van der Waals surface area contributed by atoms with E-state index >= 15 is 0 Å². The first-order chi connectivity index (χ1) is 10.3. The van der Waals surface area contributed by atoms with Crippen LogP contribution in [0.4, 0.5) is 0 Å². The molecule has 0 radical (unpaired) electrons. The Hall–Kier alpha value is -1.28. The Kier molecular flexibility index (Phi) is 5.33. The molecule has 22 heavy (non-hydrogen) atoms. The van der Waals surface area contributed by atoms with Crippen molar-refractivity contribution in [1.29, 1.82) is 0 Å². The molecule has 6 nitrogen and oxygen atoms in total. The number of Topliss-reactive ketones (excluding diaryl/α,β-unsaturated/α-hetero) is 1. The summed E-state index contributed by atoms with van der Waals surface area (Å²) < 4.78 is 32.0. The summed E-state index contributed by atoms with van der Waals surface area (Å²) in [5.74, 6) is -0.0871. The molecule has 1 aromatic rings. The van der Waals surface area contributed by atoms with E-state index in [2.05, 4.69) is 4.90 Å². The number of nitrogens with zero attached hydrogens (tertiary/aromatic N) is 2. The van der Waals surface area contributed by atoms with Crippen LogP contribution in [0.15, 0.2) is 29.2 Å². The van der Waals surface area contributed by atoms with Gasteiger partial charge in [0.05, 0.1) is 17.6 Å². The predicted molar refractivity (Wildman–Crippen MR) is 83.5 cm³/mol. The molecule has 0 spiro atoms. The van der Waals surface area contributed by atoms with Gasteiger partial charge in [0, 0.05) is 32.2 Å². The number of sulfonamides is 1. The molecule has 1 atom stereocenters. The van der Waals surface area contributed by atoms with E-state index in [4.69, 9.17) is 4.74 Å². The molecule has 1 heterocycles. The number of ether oxygens (including phenoxy) is 1. The Bertz CT molecular complexity index is 627. The Morgan fingerprint density at radius 3 is 2.55 bits per heavy atom. The van der Waals surface area contributed by atoms with Gasteiger partial charge in [0.25, 0.3) is 0 Å². The standard InChI is InChI=1S/C15H22N2O4S/c1-12(18)13-4-6-15(7-5-13)22(19,20)17(3)11-14-10-16(2)8-9-21-14/h4-7,14H,8-11H2,1-3H3. The third-order valence-corrected chi connectivity index (χ3v) is 5.61. The van der Waals surface area contributed by atoms with Crippen LogP contribution in [0.5, 0.6) is 0 Å². The zero-order valence-electron chi connectivity index (χ0n) is 13.2. The first-order valence-corrected chi connectivity index (χ1v) is 8.62. The maximum Gasteiger partial charge on any atom is 0.242 e. The van der Waals surface area contributed by atoms with Crippen LogP contribution in [0.2, 0.25) is 0 Å². The Morgan fingerprint density at radius 1 is 1.36 bits per heavy atom. The minimum absolute atomic E-state index is 0.0871. The first-order valence-electron chi connectivity index (χ1n) is 7.18. The fourth-order valence-electron chi connectivity index (χ4n) is 2.40. The lowest BCUT2D eigenvalue weighted by Crippen LogP contribution is -2.46. The highest BCUT2D eigenvalue weighted by atomic mass is 32.2. The molecular weight excluding hydrogens is 304 g/mol. The minimum Gasteiger partial charge on any atom is -0.374 e. The van der Waals surface area contributed by atoms with E-state index < -0.39 is 10.0 Å². The van der Waals surface area contributed by atoms with Gasteiger partial charge in [-0.25, -0.2) is 8.42 Å². The van der Waals surface area contributed by atoms with Gasteiger partial charge in [-0.3, -0.25) is 4.79 Å². The van der Waals surface area contributed by atoms with Gasteiger partial charge in [-0.15, -0.1) is 0 Å². The van der Waals surface area contributed by atoms with Crippen molar-refractivity contribution in [1.82, 2.24) is 9.21 Å². The Labute approximate surface area is 131 Å². The van der Waals surface area contributed by atoms with Crippen molar-refractivity contribution in [3.8, 4) is 0 Å². The SMILES string of the molecule is CC(=O)c1ccc(S(=O)(=O)N(C)CC2CN(C)CCO2)cc1. The lowest BCUT2D eigenvalue weighted by Gasteiger charge is -2.32. The number of carbonyl (C=O) groups excluding carboxylic acids is 1. The third kappa shape index (κ3) is 3.92. The van der Waals surface area contributed by atoms with Crippen molar-refractivity contribution >= 4 is 15.8 Å². The van der Waals surface area contributed by atoms with Crippen LogP contribution in [0.25, 0.3) is 0 Å². The van der Waals surface area contributed by atoms with E-state index in [-0.39, 0.29) is 16.8 Å². The molecule has 0 aliphatic carbocycles. The zero-order chi connectivity index (χ0) is 16.3. The molecule has 1 saturated heterocycles. The van der Waals surface area contributed by atoms with E-state index in [1.807, 2.05) is 7.05 Å². The average molecular weight is 326 g/mol. The molecule has 1 aromatic carbocycles. The maximum absolute atomic E-state index is 12.5. The predicted octanol–water partition coefficient (Wildman–Crippen LogP) is 0.840. The van der Waals surface area contributed by atoms with Crippen molar-refractivity contribution in [3.63, 3.8) is 0 Å². The van der Waals surface area contributed by atoms with E-state index in [0.29, 0.717) is 25.3 Å². The highest BCUT2D eigenvalue weighted by Gasteiger charge is 2.26. The van der Waals surface area contributed by atoms with Crippen molar-refractivity contribution in [2.24, 2.45) is 0 Å². The van der Waals surface area contributed by atoms with Gasteiger partial charge in [0.15, 0.2) is 5.78 Å². The number of hydrogen-bond donors (Lipinski definition) is 0. The molecule has 7 heteroatoms. The lowest BCUT2D eigenvalue weighted by atomic mass is 10.2. The summed E-state index contributed by atoms with van der Waals surface area (Å²) in [4.78, 5) is 13.6. The van der Waals surface area contributed by atoms with Gasteiger partial charge in [-0.2, -0.15) is 4.31 Å². The molecule has 2 rings (SSSR count). The molecule has 0 N–H and O–H groups in total. The van der Waals surface area contributed by atoms with Crippen LogP contribution in [-0.2, 0) is 14.8 Å². The van der Waals surface area contributed by atoms with Gasteiger partial charge in [-0.1, -0.05) is 12.1 Å². The highest BCUT2D eigenvalue weighted by molar-refractivity contribution is 7.89. The molecular formula is C15H22N2O4S. The van der Waals surface area contributed by atoms with Gasteiger partial charge >= 0.3 is 0 Å². The summed E-state index contributed by atoms with van der Waals surface area (Å²) in [6.45, 7) is 3.94. The summed E-state index contributed by atoms with van der Waals surface area (Å²) in [6.07, 6.45) is -0.130. The molecule has 1 aliphatic rings. The third-order valence-electron chi connectivity index (χ3n) is 3.77. The average Bonchev–Trinajstić information content (AvgIpc) is 2.47. The number of hydrogen-bond acceptors (Lipinski definition) is 5. The largest absolute Gasteiger partial charge is 0.374 e. The quantitative estimate of drug-likeness (QED) is 0.750. The number of likely N-dealkylation sites (N-methyl/N-ethyl adjacent to an activating group) is 2. The number of ketones is 1. The number of morpholine rings is 1. The fraction of sp³-hybridized carbons (Fsp3) is 0.533. The molecule has 0 saturated carbocycles. The van der Waals surface area contributed by atoms with Crippen LogP contribution in [0, 0.1) is 0 Å². The number of rotatable bonds is 5. The van der Waals surface area contributed by atoms with Crippen LogP contribution < -0.4 is 0 Å². The van der Waals surface area contributed by atoms with Crippen LogP contribution in [-0.4, -0.2) is 69.8 Å². The topological polar surface area (TPSA) is 66.9 Å². The molecule has 1 aliphatic heterocycles. The molecule has 0 aromatic heterocycles. The second kappa shape index (κ2) is 6.87. The summed E-state index contributed by atoms with van der Waals surface area (Å²) in [5, 5.41) is 0. The van der Waals surface area contributed by atoms with E-state index in [0.717, 1.165) is 6.54 Å². The summed E-state index contributed by atoms with van der Waals surface area (Å²) in [6, 6.07) is 6.01. The summed E-state index contributed by atoms with van der Waals surface area (Å²) in [5.41, 5.74) is 0.499.